The van der Waals surface area contributed by atoms with Crippen molar-refractivity contribution in [2.24, 2.45) is 0 Å². The molecule has 7 N–H and O–H groups in total. The number of rotatable bonds is 11. The molecule has 1 saturated heterocycles. The van der Waals surface area contributed by atoms with Crippen LogP contribution >= 0.6 is 0 Å². The normalized spacial score (nSPS) is 17.7. The molecule has 15 nitrogen and oxygen atoms in total. The van der Waals surface area contributed by atoms with Crippen LogP contribution in [0.5, 0.6) is 0 Å². The molecule has 1 aromatic carbocycles. The summed E-state index contributed by atoms with van der Waals surface area (Å²) in [5, 5.41) is 24.8. The van der Waals surface area contributed by atoms with E-state index in [-0.39, 0.29) is 54.8 Å². The monoisotopic (exact) mass is 615 g/mol. The number of nitrogens with one attached hydrogen (secondary N) is 3. The molecule has 1 aliphatic heterocycles. The highest BCUT2D eigenvalue weighted by Gasteiger charge is 2.32. The van der Waals surface area contributed by atoms with Crippen molar-refractivity contribution in [1.29, 1.82) is 0 Å². The number of ether oxygens (including phenoxy) is 2. The fourth-order valence-electron chi connectivity index (χ4n) is 4.08. The third-order valence-corrected chi connectivity index (χ3v) is 6.17. The Bertz CT molecular complexity index is 1450. The number of esters is 1. The highest BCUT2D eigenvalue weighted by molar-refractivity contribution is 5.97. The number of fused-ring (bicyclic) bond motifs is 1. The van der Waals surface area contributed by atoms with E-state index in [4.69, 9.17) is 15.2 Å². The van der Waals surface area contributed by atoms with Gasteiger partial charge in [-0.2, -0.15) is 4.98 Å². The highest BCUT2D eigenvalue weighted by Crippen LogP contribution is 2.20. The molecule has 240 valence electrons. The van der Waals surface area contributed by atoms with Gasteiger partial charge in [-0.15, -0.1) is 0 Å². The van der Waals surface area contributed by atoms with Crippen LogP contribution < -0.4 is 21.9 Å². The summed E-state index contributed by atoms with van der Waals surface area (Å²) < 4.78 is 10.5. The zero-order valence-electron chi connectivity index (χ0n) is 25.5. The number of nitrogen functional groups attached to an aromatic ring is 1. The van der Waals surface area contributed by atoms with E-state index in [0.29, 0.717) is 17.8 Å². The Balaban J connectivity index is 0.00000162. The number of carboxylic acids is 1. The Morgan fingerprint density at radius 2 is 1.84 bits per heavy atom. The molecule has 0 radical (unpaired) electrons. The zero-order chi connectivity index (χ0) is 32.8. The van der Waals surface area contributed by atoms with Crippen molar-refractivity contribution >= 4 is 40.6 Å². The summed E-state index contributed by atoms with van der Waals surface area (Å²) in [5.74, 6) is -2.64. The predicted octanol–water partition coefficient (Wildman–Crippen LogP) is 2.00. The minimum absolute atomic E-state index is 0.0537. The van der Waals surface area contributed by atoms with Crippen LogP contribution in [-0.2, 0) is 25.6 Å². The number of aliphatic hydroxyl groups is 1. The fraction of sp³-hybridized carbons (Fsp3) is 0.483. The van der Waals surface area contributed by atoms with Crippen LogP contribution in [0, 0.1) is 0 Å². The first-order valence-corrected chi connectivity index (χ1v) is 14.5. The summed E-state index contributed by atoms with van der Waals surface area (Å²) in [6, 6.07) is 4.92. The first-order valence-electron chi connectivity index (χ1n) is 14.5. The quantitative estimate of drug-likeness (QED) is 0.170. The molecular weight excluding hydrogens is 574 g/mol. The van der Waals surface area contributed by atoms with Gasteiger partial charge < -0.3 is 36.1 Å². The van der Waals surface area contributed by atoms with Gasteiger partial charge in [-0.25, -0.2) is 14.8 Å². The number of hydrogen-bond donors (Lipinski definition) is 6. The van der Waals surface area contributed by atoms with E-state index < -0.39 is 41.7 Å². The highest BCUT2D eigenvalue weighted by atomic mass is 16.6. The molecule has 4 unspecified atom stereocenters. The second-order valence-corrected chi connectivity index (χ2v) is 9.29. The van der Waals surface area contributed by atoms with Crippen LogP contribution in [0.4, 0.5) is 11.6 Å². The minimum Gasteiger partial charge on any atom is -0.480 e. The average Bonchev–Trinajstić information content (AvgIpc) is 3.35. The largest absolute Gasteiger partial charge is 0.480 e. The van der Waals surface area contributed by atoms with Crippen molar-refractivity contribution in [2.75, 3.05) is 17.7 Å². The number of amides is 1. The van der Waals surface area contributed by atoms with Crippen molar-refractivity contribution < 1.29 is 34.1 Å². The first-order chi connectivity index (χ1) is 21.1. The number of nitrogens with two attached hydrogens (primary N) is 1. The number of aromatic nitrogens is 4. The molecule has 1 fully saturated rings. The summed E-state index contributed by atoms with van der Waals surface area (Å²) in [4.78, 5) is 63.0. The Hall–Kier alpha value is -4.63. The maximum atomic E-state index is 12.6. The van der Waals surface area contributed by atoms with Gasteiger partial charge in [0.05, 0.1) is 30.6 Å². The van der Waals surface area contributed by atoms with E-state index in [0.717, 1.165) is 0 Å². The summed E-state index contributed by atoms with van der Waals surface area (Å²) in [5.41, 5.74) is 6.49. The van der Waals surface area contributed by atoms with E-state index in [1.807, 2.05) is 27.7 Å². The number of aromatic amines is 1. The second-order valence-electron chi connectivity index (χ2n) is 9.29. The molecule has 3 heterocycles. The molecule has 44 heavy (non-hydrogen) atoms. The zero-order valence-corrected chi connectivity index (χ0v) is 25.5. The van der Waals surface area contributed by atoms with Gasteiger partial charge in [0.1, 0.15) is 18.8 Å². The molecule has 0 spiro atoms. The van der Waals surface area contributed by atoms with Gasteiger partial charge in [0.25, 0.3) is 11.5 Å². The molecule has 1 aliphatic rings. The third-order valence-electron chi connectivity index (χ3n) is 6.17. The predicted molar refractivity (Wildman–Crippen MR) is 163 cm³/mol. The summed E-state index contributed by atoms with van der Waals surface area (Å²) in [6.07, 6.45) is -0.00810. The number of hydrogen-bond acceptors (Lipinski definition) is 12. The lowest BCUT2D eigenvalue weighted by molar-refractivity contribution is -0.149. The van der Waals surface area contributed by atoms with Crippen LogP contribution in [0.2, 0.25) is 0 Å². The number of carbonyl (C=O) groups excluding carboxylic acids is 2. The number of carboxylic acid groups (broad SMARTS) is 1. The molecule has 15 heteroatoms. The number of nitrogens with zero attached hydrogens (tertiary/aromatic N) is 3. The van der Waals surface area contributed by atoms with Gasteiger partial charge in [0.2, 0.25) is 5.95 Å². The lowest BCUT2D eigenvalue weighted by Crippen LogP contribution is -2.41. The molecule has 1 amide bonds. The van der Waals surface area contributed by atoms with E-state index >= 15 is 0 Å². The minimum atomic E-state index is -1.31. The molecule has 0 bridgehead atoms. The fourth-order valence-corrected chi connectivity index (χ4v) is 4.08. The molecule has 0 saturated carbocycles. The van der Waals surface area contributed by atoms with Crippen LogP contribution in [0.15, 0.2) is 35.3 Å². The molecule has 4 atom stereocenters. The lowest BCUT2D eigenvalue weighted by atomic mass is 10.1. The lowest BCUT2D eigenvalue weighted by Gasteiger charge is -2.16. The van der Waals surface area contributed by atoms with Crippen LogP contribution in [0.1, 0.15) is 69.9 Å². The van der Waals surface area contributed by atoms with E-state index in [2.05, 4.69) is 30.6 Å². The Labute approximate surface area is 254 Å². The number of aliphatic hydroxyl groups excluding tert-OH is 1. The van der Waals surface area contributed by atoms with Gasteiger partial charge >= 0.3 is 11.9 Å². The van der Waals surface area contributed by atoms with E-state index in [1.165, 1.54) is 18.3 Å². The number of H-pyrrole nitrogens is 1. The molecule has 3 aromatic rings. The van der Waals surface area contributed by atoms with Crippen molar-refractivity contribution in [3.8, 4) is 0 Å². The van der Waals surface area contributed by atoms with Gasteiger partial charge in [0, 0.05) is 24.1 Å². The number of benzene rings is 1. The maximum absolute atomic E-state index is 12.6. The first kappa shape index (κ1) is 35.6. The molecule has 0 aliphatic carbocycles. The van der Waals surface area contributed by atoms with E-state index in [9.17, 15) is 29.4 Å². The van der Waals surface area contributed by atoms with Gasteiger partial charge in [-0.1, -0.05) is 27.7 Å². The number of carbonyl (C=O) groups is 3. The van der Waals surface area contributed by atoms with Crippen LogP contribution in [0.25, 0.3) is 11.2 Å². The van der Waals surface area contributed by atoms with Gasteiger partial charge in [-0.05, 0) is 37.6 Å². The third kappa shape index (κ3) is 10.3. The van der Waals surface area contributed by atoms with Crippen molar-refractivity contribution in [3.05, 3.63) is 52.1 Å². The summed E-state index contributed by atoms with van der Waals surface area (Å²) in [6.45, 7) is 9.89. The van der Waals surface area contributed by atoms with Crippen molar-refractivity contribution in [2.45, 2.75) is 84.8 Å². The number of aliphatic carboxylic acids is 1. The standard InChI is InChI=1S/C25H29N7O8.2C2H6/c1-12-8-17(33)18(40-12)11-39-19(34)7-6-16(24(37)38)30-22(35)13-2-4-14(5-3-13)27-9-15-10-28-21-20(29-15)23(36)32-25(26)31-21;2*1-2/h2-5,10,12,16-18,27,33H,6-9,11H2,1H3,(H,30,35)(H,37,38)(H3,26,28,31,32,36);2*1-2H3. The summed E-state index contributed by atoms with van der Waals surface area (Å²) >= 11 is 0. The molecule has 2 aromatic heterocycles. The Kier molecular flexibility index (Phi) is 14.1. The molecular formula is C29H41N7O8. The van der Waals surface area contributed by atoms with Gasteiger partial charge in [0.15, 0.2) is 11.2 Å². The number of anilines is 2. The Morgan fingerprint density at radius 3 is 2.45 bits per heavy atom. The SMILES string of the molecule is CC.CC.CC1CC(O)C(COC(=O)CCC(NC(=O)c2ccc(NCc3cnc4nc(N)[nH]c(=O)c4n3)cc2)C(=O)O)O1. The second kappa shape index (κ2) is 17.5. The van der Waals surface area contributed by atoms with Crippen LogP contribution in [-0.4, -0.2) is 79.0 Å². The topological polar surface area (TPSA) is 232 Å². The van der Waals surface area contributed by atoms with Crippen molar-refractivity contribution in [3.63, 3.8) is 0 Å². The molecule has 4 rings (SSSR count). The summed E-state index contributed by atoms with van der Waals surface area (Å²) in [7, 11) is 0. The van der Waals surface area contributed by atoms with E-state index in [1.54, 1.807) is 19.1 Å². The Morgan fingerprint density at radius 1 is 1.16 bits per heavy atom. The van der Waals surface area contributed by atoms with Gasteiger partial charge in [-0.3, -0.25) is 19.4 Å². The van der Waals surface area contributed by atoms with Crippen molar-refractivity contribution in [1.82, 2.24) is 25.3 Å². The smallest absolute Gasteiger partial charge is 0.326 e. The van der Waals surface area contributed by atoms with Crippen LogP contribution in [0.3, 0.4) is 0 Å². The maximum Gasteiger partial charge on any atom is 0.326 e. The average molecular weight is 616 g/mol.